The molecule has 0 spiro atoms. The van der Waals surface area contributed by atoms with Crippen LogP contribution < -0.4 is 10.9 Å². The molecule has 0 aliphatic carbocycles. The zero-order valence-corrected chi connectivity index (χ0v) is 14.9. The number of hydrogen-bond donors (Lipinski definition) is 1. The molecule has 0 saturated heterocycles. The lowest BCUT2D eigenvalue weighted by molar-refractivity contribution is -0.137. The number of likely N-dealkylation sites (N-methyl/N-ethyl adjacent to an activating group) is 1. The third kappa shape index (κ3) is 5.07. The number of anilines is 1. The molecule has 1 aromatic carbocycles. The number of rotatable bonds is 4. The molecule has 0 radical (unpaired) electrons. The van der Waals surface area contributed by atoms with Gasteiger partial charge in [-0.15, -0.1) is 0 Å². The van der Waals surface area contributed by atoms with E-state index in [1.54, 1.807) is 0 Å². The summed E-state index contributed by atoms with van der Waals surface area (Å²) < 4.78 is 39.5. The topological polar surface area (TPSA) is 84.3 Å². The molecule has 0 unspecified atom stereocenters. The molecule has 1 heterocycles. The van der Waals surface area contributed by atoms with Gasteiger partial charge in [-0.1, -0.05) is 11.6 Å². The Kier molecular flexibility index (Phi) is 5.89. The van der Waals surface area contributed by atoms with Crippen LogP contribution in [0, 0.1) is 0 Å². The van der Waals surface area contributed by atoms with E-state index in [4.69, 9.17) is 11.6 Å². The third-order valence-electron chi connectivity index (χ3n) is 3.46. The van der Waals surface area contributed by atoms with Crippen LogP contribution >= 0.6 is 11.6 Å². The maximum atomic E-state index is 12.8. The average Bonchev–Trinajstić information content (AvgIpc) is 2.57. The van der Waals surface area contributed by atoms with Gasteiger partial charge in [0.05, 0.1) is 17.1 Å². The molecule has 0 aliphatic rings. The fraction of sp³-hybridized carbons (Fsp3) is 0.250. The second-order valence-corrected chi connectivity index (χ2v) is 5.99. The van der Waals surface area contributed by atoms with Crippen molar-refractivity contribution in [2.24, 2.45) is 7.05 Å². The van der Waals surface area contributed by atoms with Crippen LogP contribution in [0.4, 0.5) is 18.9 Å². The van der Waals surface area contributed by atoms with Gasteiger partial charge in [-0.25, -0.2) is 4.68 Å². The number of aromatic nitrogens is 2. The van der Waals surface area contributed by atoms with E-state index in [1.165, 1.54) is 26.2 Å². The van der Waals surface area contributed by atoms with Crippen molar-refractivity contribution < 1.29 is 22.8 Å². The monoisotopic (exact) mass is 402 g/mol. The SMILES string of the molecule is CN(CC(=O)Nc1ccc(Cl)c(C(F)(F)F)c1)C(=O)c1ccc(=O)n(C)n1. The summed E-state index contributed by atoms with van der Waals surface area (Å²) in [5, 5.41) is 5.56. The molecule has 0 bridgehead atoms. The molecule has 0 atom stereocenters. The number of benzene rings is 1. The summed E-state index contributed by atoms with van der Waals surface area (Å²) in [6.45, 7) is -0.437. The van der Waals surface area contributed by atoms with E-state index in [1.807, 2.05) is 0 Å². The van der Waals surface area contributed by atoms with Crippen molar-refractivity contribution in [2.45, 2.75) is 6.18 Å². The van der Waals surface area contributed by atoms with Crippen LogP contribution in [-0.2, 0) is 18.0 Å². The fourth-order valence-corrected chi connectivity index (χ4v) is 2.34. The van der Waals surface area contributed by atoms with Crippen molar-refractivity contribution in [1.82, 2.24) is 14.7 Å². The Balaban J connectivity index is 2.08. The molecule has 0 fully saturated rings. The zero-order valence-electron chi connectivity index (χ0n) is 14.2. The van der Waals surface area contributed by atoms with Crippen molar-refractivity contribution >= 4 is 29.1 Å². The van der Waals surface area contributed by atoms with Crippen molar-refractivity contribution in [1.29, 1.82) is 0 Å². The molecule has 11 heteroatoms. The first-order chi connectivity index (χ1) is 12.5. The molecular formula is C16H14ClF3N4O3. The van der Waals surface area contributed by atoms with E-state index < -0.39 is 40.7 Å². The maximum absolute atomic E-state index is 12.8. The minimum Gasteiger partial charge on any atom is -0.331 e. The summed E-state index contributed by atoms with van der Waals surface area (Å²) in [7, 11) is 2.68. The molecule has 2 rings (SSSR count). The number of hydrogen-bond acceptors (Lipinski definition) is 4. The minimum absolute atomic E-state index is 0.0572. The minimum atomic E-state index is -4.67. The van der Waals surface area contributed by atoms with E-state index in [0.29, 0.717) is 6.07 Å². The van der Waals surface area contributed by atoms with Crippen molar-refractivity contribution in [3.8, 4) is 0 Å². The Morgan fingerprint density at radius 3 is 2.52 bits per heavy atom. The summed E-state index contributed by atoms with van der Waals surface area (Å²) in [5.74, 6) is -1.35. The average molecular weight is 403 g/mol. The lowest BCUT2D eigenvalue weighted by Crippen LogP contribution is -2.36. The normalized spacial score (nSPS) is 11.2. The van der Waals surface area contributed by atoms with Gasteiger partial charge in [0.2, 0.25) is 5.91 Å². The highest BCUT2D eigenvalue weighted by Crippen LogP contribution is 2.36. The number of nitrogens with one attached hydrogen (secondary N) is 1. The quantitative estimate of drug-likeness (QED) is 0.849. The highest BCUT2D eigenvalue weighted by molar-refractivity contribution is 6.31. The molecule has 27 heavy (non-hydrogen) atoms. The van der Waals surface area contributed by atoms with E-state index >= 15 is 0 Å². The van der Waals surface area contributed by atoms with Gasteiger partial charge in [0.1, 0.15) is 5.69 Å². The van der Waals surface area contributed by atoms with Crippen LogP contribution in [0.1, 0.15) is 16.1 Å². The van der Waals surface area contributed by atoms with Gasteiger partial charge >= 0.3 is 6.18 Å². The van der Waals surface area contributed by atoms with E-state index in [0.717, 1.165) is 21.7 Å². The smallest absolute Gasteiger partial charge is 0.331 e. The van der Waals surface area contributed by atoms with Crippen LogP contribution in [0.3, 0.4) is 0 Å². The maximum Gasteiger partial charge on any atom is 0.417 e. The van der Waals surface area contributed by atoms with Crippen LogP contribution in [0.2, 0.25) is 5.02 Å². The Hall–Kier alpha value is -2.88. The summed E-state index contributed by atoms with van der Waals surface area (Å²) in [6.07, 6.45) is -4.67. The predicted octanol–water partition coefficient (Wildman–Crippen LogP) is 2.16. The first-order valence-electron chi connectivity index (χ1n) is 7.45. The number of amides is 2. The fourth-order valence-electron chi connectivity index (χ4n) is 2.12. The number of carbonyl (C=O) groups is 2. The van der Waals surface area contributed by atoms with Gasteiger partial charge in [-0.2, -0.15) is 18.3 Å². The molecule has 1 N–H and O–H groups in total. The van der Waals surface area contributed by atoms with E-state index in [2.05, 4.69) is 10.4 Å². The zero-order chi connectivity index (χ0) is 20.4. The Morgan fingerprint density at radius 2 is 1.93 bits per heavy atom. The summed E-state index contributed by atoms with van der Waals surface area (Å²) in [5.41, 5.74) is -1.66. The Bertz CT molecular complexity index is 943. The number of alkyl halides is 3. The van der Waals surface area contributed by atoms with E-state index in [9.17, 15) is 27.6 Å². The standard InChI is InChI=1S/C16H14ClF3N4O3/c1-23(15(27)12-5-6-14(26)24(2)22-12)8-13(25)21-9-3-4-11(17)10(7-9)16(18,19)20/h3-7H,8H2,1-2H3,(H,21,25). The number of aryl methyl sites for hydroxylation is 1. The lowest BCUT2D eigenvalue weighted by Gasteiger charge is -2.17. The lowest BCUT2D eigenvalue weighted by atomic mass is 10.2. The first kappa shape index (κ1) is 20.4. The van der Waals surface area contributed by atoms with Gasteiger partial charge < -0.3 is 10.2 Å². The summed E-state index contributed by atoms with van der Waals surface area (Å²) in [4.78, 5) is 36.6. The summed E-state index contributed by atoms with van der Waals surface area (Å²) >= 11 is 5.52. The number of carbonyl (C=O) groups excluding carboxylic acids is 2. The molecule has 2 aromatic rings. The molecule has 144 valence electrons. The Morgan fingerprint density at radius 1 is 1.26 bits per heavy atom. The molecule has 0 aliphatic heterocycles. The first-order valence-corrected chi connectivity index (χ1v) is 7.83. The highest BCUT2D eigenvalue weighted by Gasteiger charge is 2.33. The van der Waals surface area contributed by atoms with Crippen molar-refractivity contribution in [3.63, 3.8) is 0 Å². The Labute approximate surface area is 156 Å². The van der Waals surface area contributed by atoms with Crippen LogP contribution in [0.5, 0.6) is 0 Å². The van der Waals surface area contributed by atoms with Crippen molar-refractivity contribution in [3.05, 3.63) is 57.0 Å². The summed E-state index contributed by atoms with van der Waals surface area (Å²) in [6, 6.07) is 5.31. The number of nitrogens with zero attached hydrogens (tertiary/aromatic N) is 3. The highest BCUT2D eigenvalue weighted by atomic mass is 35.5. The number of halogens is 4. The molecule has 1 aromatic heterocycles. The van der Waals surface area contributed by atoms with Crippen LogP contribution in [0.25, 0.3) is 0 Å². The molecular weight excluding hydrogens is 389 g/mol. The molecule has 7 nitrogen and oxygen atoms in total. The van der Waals surface area contributed by atoms with E-state index in [-0.39, 0.29) is 11.4 Å². The van der Waals surface area contributed by atoms with Crippen molar-refractivity contribution in [2.75, 3.05) is 18.9 Å². The van der Waals surface area contributed by atoms with Gasteiger partial charge in [0, 0.05) is 25.8 Å². The van der Waals surface area contributed by atoms with Crippen LogP contribution in [0.15, 0.2) is 35.1 Å². The third-order valence-corrected chi connectivity index (χ3v) is 3.79. The molecule has 2 amide bonds. The van der Waals surface area contributed by atoms with Crippen LogP contribution in [-0.4, -0.2) is 40.1 Å². The molecule has 0 saturated carbocycles. The predicted molar refractivity (Wildman–Crippen MR) is 91.5 cm³/mol. The second-order valence-electron chi connectivity index (χ2n) is 5.58. The van der Waals surface area contributed by atoms with Gasteiger partial charge in [0.15, 0.2) is 0 Å². The van der Waals surface area contributed by atoms with Gasteiger partial charge in [-0.05, 0) is 24.3 Å². The van der Waals surface area contributed by atoms with Gasteiger partial charge in [-0.3, -0.25) is 14.4 Å². The van der Waals surface area contributed by atoms with Gasteiger partial charge in [0.25, 0.3) is 11.5 Å². The largest absolute Gasteiger partial charge is 0.417 e. The second kappa shape index (κ2) is 7.78.